The molecule has 3 rings (SSSR count). The van der Waals surface area contributed by atoms with Crippen LogP contribution < -0.4 is 15.9 Å². The van der Waals surface area contributed by atoms with Crippen LogP contribution in [0.25, 0.3) is 0 Å². The van der Waals surface area contributed by atoms with Gasteiger partial charge in [-0.3, -0.25) is 4.79 Å². The van der Waals surface area contributed by atoms with Gasteiger partial charge in [-0.05, 0) is 63.0 Å². The summed E-state index contributed by atoms with van der Waals surface area (Å²) in [4.78, 5) is 12.4. The van der Waals surface area contributed by atoms with Crippen LogP contribution >= 0.6 is 0 Å². The summed E-state index contributed by atoms with van der Waals surface area (Å²) in [6.07, 6.45) is 0. The van der Waals surface area contributed by atoms with Gasteiger partial charge in [-0.2, -0.15) is 0 Å². The largest absolute Gasteiger partial charge is 0.494 e. The van der Waals surface area contributed by atoms with E-state index in [4.69, 9.17) is 14.4 Å². The first-order valence-electron chi connectivity index (χ1n) is 9.25. The van der Waals surface area contributed by atoms with Crippen molar-refractivity contribution < 1.29 is 22.5 Å². The Hall–Kier alpha value is -2.20. The number of hydrogen-bond acceptors (Lipinski definition) is 5. The van der Waals surface area contributed by atoms with E-state index in [2.05, 4.69) is 5.32 Å². The van der Waals surface area contributed by atoms with E-state index in [0.717, 1.165) is 11.0 Å². The molecule has 0 radical (unpaired) electrons. The summed E-state index contributed by atoms with van der Waals surface area (Å²) < 4.78 is 34.6. The topological polar surface area (TPSA) is 108 Å². The van der Waals surface area contributed by atoms with Gasteiger partial charge in [0.1, 0.15) is 0 Å². The van der Waals surface area contributed by atoms with Gasteiger partial charge in [0.05, 0.1) is 16.1 Å². The van der Waals surface area contributed by atoms with Gasteiger partial charge < -0.3 is 14.6 Å². The fourth-order valence-electron chi connectivity index (χ4n) is 2.85. The molecule has 3 N–H and O–H groups in total. The molecule has 154 valence electrons. The van der Waals surface area contributed by atoms with E-state index in [1.54, 1.807) is 24.3 Å². The minimum atomic E-state index is -3.73. The Morgan fingerprint density at radius 3 is 1.97 bits per heavy atom. The van der Waals surface area contributed by atoms with Gasteiger partial charge in [0.25, 0.3) is 5.91 Å². The van der Waals surface area contributed by atoms with Crippen molar-refractivity contribution in [3.63, 3.8) is 0 Å². The molecule has 0 unspecified atom stereocenters. The quantitative estimate of drug-likeness (QED) is 0.720. The maximum absolute atomic E-state index is 12.4. The lowest BCUT2D eigenvalue weighted by molar-refractivity contribution is 0.00578. The Morgan fingerprint density at radius 1 is 0.966 bits per heavy atom. The zero-order valence-corrected chi connectivity index (χ0v) is 17.7. The third-order valence-electron chi connectivity index (χ3n) is 5.40. The number of carbonyl (C=O) groups is 1. The Labute approximate surface area is 171 Å². The second kappa shape index (κ2) is 7.57. The number of nitrogens with one attached hydrogen (secondary N) is 1. The third-order valence-corrected chi connectivity index (χ3v) is 6.33. The van der Waals surface area contributed by atoms with Crippen LogP contribution in [-0.2, 0) is 25.9 Å². The maximum Gasteiger partial charge on any atom is 0.494 e. The standard InChI is InChI=1S/C20H25BN2O5S/c1-19(2)20(3,4)28-21(27-19)16-9-7-15(8-10-16)18(24)23-13-14-5-11-17(12-6-14)29(22,25)26/h5-12H,13H2,1-4H3,(H,23,24)(H2,22,25,26). The number of carbonyl (C=O) groups excluding carboxylic acids is 1. The Bertz CT molecular complexity index is 986. The van der Waals surface area contributed by atoms with E-state index in [-0.39, 0.29) is 17.3 Å². The summed E-state index contributed by atoms with van der Waals surface area (Å²) in [6, 6.07) is 13.1. The lowest BCUT2D eigenvalue weighted by atomic mass is 9.79. The van der Waals surface area contributed by atoms with E-state index in [9.17, 15) is 13.2 Å². The SMILES string of the molecule is CC1(C)OB(c2ccc(C(=O)NCc3ccc(S(N)(=O)=O)cc3)cc2)OC1(C)C. The van der Waals surface area contributed by atoms with Crippen molar-refractivity contribution in [3.05, 3.63) is 59.7 Å². The summed E-state index contributed by atoms with van der Waals surface area (Å²) in [6.45, 7) is 8.23. The molecule has 2 aromatic carbocycles. The van der Waals surface area contributed by atoms with Gasteiger partial charge in [-0.15, -0.1) is 0 Å². The van der Waals surface area contributed by atoms with E-state index in [1.807, 2.05) is 39.8 Å². The van der Waals surface area contributed by atoms with Gasteiger partial charge in [0, 0.05) is 12.1 Å². The molecule has 7 nitrogen and oxygen atoms in total. The van der Waals surface area contributed by atoms with Crippen LogP contribution in [0.3, 0.4) is 0 Å². The second-order valence-corrected chi connectivity index (χ2v) is 9.64. The molecule has 2 aromatic rings. The smallest absolute Gasteiger partial charge is 0.399 e. The summed E-state index contributed by atoms with van der Waals surface area (Å²) in [5.74, 6) is -0.235. The van der Waals surface area contributed by atoms with Crippen molar-refractivity contribution in [2.24, 2.45) is 5.14 Å². The summed E-state index contributed by atoms with van der Waals surface area (Å²) in [5, 5.41) is 7.88. The number of nitrogens with two attached hydrogens (primary N) is 1. The van der Waals surface area contributed by atoms with Crippen LogP contribution in [0.2, 0.25) is 0 Å². The Balaban J connectivity index is 1.61. The number of sulfonamides is 1. The summed E-state index contributed by atoms with van der Waals surface area (Å²) in [5.41, 5.74) is 1.27. The van der Waals surface area contributed by atoms with E-state index in [1.165, 1.54) is 12.1 Å². The monoisotopic (exact) mass is 416 g/mol. The highest BCUT2D eigenvalue weighted by Gasteiger charge is 2.51. The highest BCUT2D eigenvalue weighted by Crippen LogP contribution is 2.36. The van der Waals surface area contributed by atoms with Gasteiger partial charge in [0.15, 0.2) is 0 Å². The fraction of sp³-hybridized carbons (Fsp3) is 0.350. The molecule has 1 aliphatic rings. The predicted octanol–water partition coefficient (Wildman–Crippen LogP) is 1.56. The summed E-state index contributed by atoms with van der Waals surface area (Å²) >= 11 is 0. The first kappa shape index (κ1) is 21.5. The third kappa shape index (κ3) is 4.70. The molecule has 1 fully saturated rings. The molecule has 0 aromatic heterocycles. The predicted molar refractivity (Wildman–Crippen MR) is 111 cm³/mol. The molecule has 0 atom stereocenters. The van der Waals surface area contributed by atoms with E-state index < -0.39 is 28.3 Å². The number of primary sulfonamides is 1. The van der Waals surface area contributed by atoms with Gasteiger partial charge >= 0.3 is 7.12 Å². The minimum absolute atomic E-state index is 0.0332. The number of hydrogen-bond donors (Lipinski definition) is 2. The van der Waals surface area contributed by atoms with Crippen LogP contribution in [0.5, 0.6) is 0 Å². The van der Waals surface area contributed by atoms with E-state index >= 15 is 0 Å². The average Bonchev–Trinajstić information content (AvgIpc) is 2.87. The first-order valence-corrected chi connectivity index (χ1v) is 10.8. The second-order valence-electron chi connectivity index (χ2n) is 8.08. The van der Waals surface area contributed by atoms with Crippen LogP contribution in [0.15, 0.2) is 53.4 Å². The number of rotatable bonds is 5. The molecule has 1 heterocycles. The molecule has 0 spiro atoms. The molecule has 1 amide bonds. The van der Waals surface area contributed by atoms with Crippen LogP contribution in [0.4, 0.5) is 0 Å². The number of benzene rings is 2. The minimum Gasteiger partial charge on any atom is -0.399 e. The van der Waals surface area contributed by atoms with Gasteiger partial charge in [-0.1, -0.05) is 24.3 Å². The molecule has 0 bridgehead atoms. The van der Waals surface area contributed by atoms with Crippen molar-refractivity contribution in [1.29, 1.82) is 0 Å². The van der Waals surface area contributed by atoms with Gasteiger partial charge in [-0.25, -0.2) is 13.6 Å². The highest BCUT2D eigenvalue weighted by atomic mass is 32.2. The van der Waals surface area contributed by atoms with Crippen molar-refractivity contribution >= 4 is 28.5 Å². The zero-order valence-electron chi connectivity index (χ0n) is 16.9. The number of amides is 1. The van der Waals surface area contributed by atoms with Crippen molar-refractivity contribution in [2.75, 3.05) is 0 Å². The molecule has 0 aliphatic carbocycles. The molecule has 0 saturated carbocycles. The van der Waals surface area contributed by atoms with Crippen molar-refractivity contribution in [1.82, 2.24) is 5.32 Å². The Kier molecular flexibility index (Phi) is 5.61. The molecule has 1 aliphatic heterocycles. The molecule has 9 heteroatoms. The van der Waals surface area contributed by atoms with Crippen LogP contribution in [-0.4, -0.2) is 32.6 Å². The van der Waals surface area contributed by atoms with Crippen molar-refractivity contribution in [2.45, 2.75) is 50.3 Å². The highest BCUT2D eigenvalue weighted by molar-refractivity contribution is 7.89. The maximum atomic E-state index is 12.4. The van der Waals surface area contributed by atoms with Gasteiger partial charge in [0.2, 0.25) is 10.0 Å². The lowest BCUT2D eigenvalue weighted by Gasteiger charge is -2.32. The van der Waals surface area contributed by atoms with E-state index in [0.29, 0.717) is 5.56 Å². The fourth-order valence-corrected chi connectivity index (χ4v) is 3.37. The molecule has 1 saturated heterocycles. The molecule has 29 heavy (non-hydrogen) atoms. The van der Waals surface area contributed by atoms with Crippen molar-refractivity contribution in [3.8, 4) is 0 Å². The van der Waals surface area contributed by atoms with Crippen LogP contribution in [0.1, 0.15) is 43.6 Å². The Morgan fingerprint density at radius 2 is 1.48 bits per heavy atom. The molecular formula is C20H25BN2O5S. The molecular weight excluding hydrogens is 391 g/mol. The normalized spacial score (nSPS) is 17.9. The van der Waals surface area contributed by atoms with Crippen LogP contribution in [0, 0.1) is 0 Å². The first-order chi connectivity index (χ1) is 13.4. The average molecular weight is 416 g/mol. The summed E-state index contributed by atoms with van der Waals surface area (Å²) in [7, 11) is -4.20. The lowest BCUT2D eigenvalue weighted by Crippen LogP contribution is -2.41. The zero-order chi connectivity index (χ0) is 21.4.